The number of ether oxygens (including phenoxy) is 2. The molecule has 0 unspecified atom stereocenters. The summed E-state index contributed by atoms with van der Waals surface area (Å²) in [6.45, 7) is 3.87. The number of carbonyl (C=O) groups excluding carboxylic acids is 3. The van der Waals surface area contributed by atoms with E-state index in [9.17, 15) is 22.8 Å². The fourth-order valence-corrected chi connectivity index (χ4v) is 4.26. The molecule has 0 radical (unpaired) electrons. The molecule has 0 aliphatic rings. The molecular weight excluding hydrogens is 448 g/mol. The van der Waals surface area contributed by atoms with Crippen molar-refractivity contribution in [2.75, 3.05) is 36.6 Å². The highest BCUT2D eigenvalue weighted by molar-refractivity contribution is 7.92. The number of sulfonamides is 1. The molecule has 10 heteroatoms. The number of carbonyl (C=O) groups is 3. The van der Waals surface area contributed by atoms with Crippen LogP contribution in [-0.2, 0) is 24.3 Å². The number of rotatable bonds is 9. The maximum Gasteiger partial charge on any atom is 0.337 e. The van der Waals surface area contributed by atoms with Gasteiger partial charge in [0.25, 0.3) is 0 Å². The third-order valence-electron chi connectivity index (χ3n) is 5.07. The van der Waals surface area contributed by atoms with Gasteiger partial charge in [-0.15, -0.1) is 0 Å². The fraction of sp³-hybridized carbons (Fsp3) is 0.348. The van der Waals surface area contributed by atoms with Gasteiger partial charge in [-0.2, -0.15) is 0 Å². The van der Waals surface area contributed by atoms with Crippen molar-refractivity contribution in [3.63, 3.8) is 0 Å². The number of nitrogens with zero attached hydrogens (tertiary/aromatic N) is 1. The molecule has 33 heavy (non-hydrogen) atoms. The highest BCUT2D eigenvalue weighted by Gasteiger charge is 2.20. The minimum atomic E-state index is -3.55. The molecule has 2 rings (SSSR count). The molecule has 2 aromatic carbocycles. The Morgan fingerprint density at radius 2 is 1.55 bits per heavy atom. The van der Waals surface area contributed by atoms with Crippen LogP contribution in [0.2, 0.25) is 0 Å². The van der Waals surface area contributed by atoms with E-state index in [2.05, 4.69) is 14.8 Å². The zero-order valence-electron chi connectivity index (χ0n) is 19.3. The van der Waals surface area contributed by atoms with E-state index in [0.29, 0.717) is 5.69 Å². The summed E-state index contributed by atoms with van der Waals surface area (Å²) in [5.41, 5.74) is 2.76. The molecule has 0 saturated heterocycles. The van der Waals surface area contributed by atoms with Gasteiger partial charge in [0.1, 0.15) is 0 Å². The summed E-state index contributed by atoms with van der Waals surface area (Å²) in [6, 6.07) is 9.50. The topological polar surface area (TPSA) is 119 Å². The molecule has 0 atom stereocenters. The number of benzene rings is 2. The average Bonchev–Trinajstić information content (AvgIpc) is 2.76. The van der Waals surface area contributed by atoms with E-state index in [0.717, 1.165) is 17.4 Å². The second kappa shape index (κ2) is 11.0. The normalized spacial score (nSPS) is 10.9. The summed E-state index contributed by atoms with van der Waals surface area (Å²) in [5, 5.41) is 2.63. The summed E-state index contributed by atoms with van der Waals surface area (Å²) in [7, 11) is -1.14. The van der Waals surface area contributed by atoms with Crippen molar-refractivity contribution in [3.8, 4) is 0 Å². The first-order valence-corrected chi connectivity index (χ1v) is 12.0. The lowest BCUT2D eigenvalue weighted by Gasteiger charge is -2.25. The van der Waals surface area contributed by atoms with Crippen molar-refractivity contribution in [1.29, 1.82) is 0 Å². The highest BCUT2D eigenvalue weighted by Crippen LogP contribution is 2.25. The number of hydrogen-bond donors (Lipinski definition) is 1. The predicted molar refractivity (Wildman–Crippen MR) is 125 cm³/mol. The summed E-state index contributed by atoms with van der Waals surface area (Å²) in [4.78, 5) is 36.3. The first kappa shape index (κ1) is 25.9. The highest BCUT2D eigenvalue weighted by atomic mass is 32.2. The lowest BCUT2D eigenvalue weighted by molar-refractivity contribution is -0.116. The molecular formula is C23H28N2O7S. The molecule has 1 N–H and O–H groups in total. The SMILES string of the molecule is COC(=O)c1cc(NC(=O)CCCN(c2cccc(C)c2C)S(C)(=O)=O)cc(C(=O)OC)c1. The van der Waals surface area contributed by atoms with E-state index in [1.54, 1.807) is 12.1 Å². The van der Waals surface area contributed by atoms with E-state index < -0.39 is 27.9 Å². The molecule has 2 aromatic rings. The first-order chi connectivity index (χ1) is 15.5. The average molecular weight is 477 g/mol. The van der Waals surface area contributed by atoms with Gasteiger partial charge >= 0.3 is 11.9 Å². The molecule has 0 aliphatic heterocycles. The van der Waals surface area contributed by atoms with Gasteiger partial charge in [-0.3, -0.25) is 9.10 Å². The van der Waals surface area contributed by atoms with Gasteiger partial charge in [0, 0.05) is 18.7 Å². The lowest BCUT2D eigenvalue weighted by Crippen LogP contribution is -2.32. The van der Waals surface area contributed by atoms with Crippen LogP contribution in [0.5, 0.6) is 0 Å². The maximum atomic E-state index is 12.5. The van der Waals surface area contributed by atoms with Gasteiger partial charge in [0.2, 0.25) is 15.9 Å². The molecule has 1 amide bonds. The third-order valence-corrected chi connectivity index (χ3v) is 6.25. The monoisotopic (exact) mass is 476 g/mol. The summed E-state index contributed by atoms with van der Waals surface area (Å²) >= 11 is 0. The predicted octanol–water partition coefficient (Wildman–Crippen LogP) is 3.06. The quantitative estimate of drug-likeness (QED) is 0.553. The van der Waals surface area contributed by atoms with Crippen molar-refractivity contribution >= 4 is 39.2 Å². The number of amides is 1. The minimum Gasteiger partial charge on any atom is -0.465 e. The van der Waals surface area contributed by atoms with Gasteiger partial charge in [-0.1, -0.05) is 12.1 Å². The fourth-order valence-electron chi connectivity index (χ4n) is 3.25. The lowest BCUT2D eigenvalue weighted by atomic mass is 10.1. The van der Waals surface area contributed by atoms with E-state index >= 15 is 0 Å². The minimum absolute atomic E-state index is 0.0207. The Bertz CT molecular complexity index is 1130. The van der Waals surface area contributed by atoms with Crippen LogP contribution in [0.1, 0.15) is 44.7 Å². The summed E-state index contributed by atoms with van der Waals surface area (Å²) in [5.74, 6) is -1.75. The Hall–Kier alpha value is -3.40. The van der Waals surface area contributed by atoms with E-state index in [4.69, 9.17) is 0 Å². The van der Waals surface area contributed by atoms with E-state index in [-0.39, 0.29) is 36.2 Å². The van der Waals surface area contributed by atoms with Gasteiger partial charge < -0.3 is 14.8 Å². The summed E-state index contributed by atoms with van der Waals surface area (Å²) < 4.78 is 35.4. The standard InChI is InChI=1S/C23H28N2O7S/c1-15-8-6-9-20(16(15)2)25(33(5,29)30)11-7-10-21(26)24-19-13-17(22(27)31-3)12-18(14-19)23(28)32-4/h6,8-9,12-14H,7,10-11H2,1-5H3,(H,24,26). The van der Waals surface area contributed by atoms with Crippen LogP contribution in [0.4, 0.5) is 11.4 Å². The number of methoxy groups -OCH3 is 2. The Balaban J connectivity index is 2.13. The number of anilines is 2. The summed E-state index contributed by atoms with van der Waals surface area (Å²) in [6.07, 6.45) is 1.40. The zero-order valence-corrected chi connectivity index (χ0v) is 20.1. The van der Waals surface area contributed by atoms with Crippen molar-refractivity contribution < 1.29 is 32.3 Å². The van der Waals surface area contributed by atoms with Crippen LogP contribution >= 0.6 is 0 Å². The second-order valence-electron chi connectivity index (χ2n) is 7.49. The molecule has 178 valence electrons. The van der Waals surface area contributed by atoms with E-state index in [1.807, 2.05) is 19.9 Å². The Kier molecular flexibility index (Phi) is 8.58. The van der Waals surface area contributed by atoms with Crippen molar-refractivity contribution in [2.45, 2.75) is 26.7 Å². The molecule has 0 bridgehead atoms. The number of hydrogen-bond acceptors (Lipinski definition) is 7. The Labute approximate surface area is 193 Å². The number of nitrogens with one attached hydrogen (secondary N) is 1. The Morgan fingerprint density at radius 1 is 0.970 bits per heavy atom. The van der Waals surface area contributed by atoms with Crippen LogP contribution < -0.4 is 9.62 Å². The molecule has 0 saturated carbocycles. The third kappa shape index (κ3) is 6.79. The smallest absolute Gasteiger partial charge is 0.337 e. The first-order valence-electron chi connectivity index (χ1n) is 10.1. The van der Waals surface area contributed by atoms with Crippen LogP contribution in [0.25, 0.3) is 0 Å². The van der Waals surface area contributed by atoms with Crippen LogP contribution in [0.3, 0.4) is 0 Å². The van der Waals surface area contributed by atoms with E-state index in [1.165, 1.54) is 36.7 Å². The van der Waals surface area contributed by atoms with Gasteiger partial charge in [-0.25, -0.2) is 18.0 Å². The molecule has 0 fully saturated rings. The molecule has 9 nitrogen and oxygen atoms in total. The largest absolute Gasteiger partial charge is 0.465 e. The van der Waals surface area contributed by atoms with Crippen LogP contribution in [-0.4, -0.2) is 53.3 Å². The van der Waals surface area contributed by atoms with Gasteiger partial charge in [0.05, 0.1) is 37.3 Å². The van der Waals surface area contributed by atoms with Crippen molar-refractivity contribution in [2.24, 2.45) is 0 Å². The van der Waals surface area contributed by atoms with Crippen LogP contribution in [0, 0.1) is 13.8 Å². The second-order valence-corrected chi connectivity index (χ2v) is 9.39. The molecule has 0 spiro atoms. The molecule has 0 heterocycles. The number of esters is 2. The van der Waals surface area contributed by atoms with Crippen LogP contribution in [0.15, 0.2) is 36.4 Å². The molecule has 0 aromatic heterocycles. The zero-order chi connectivity index (χ0) is 24.8. The van der Waals surface area contributed by atoms with Gasteiger partial charge in [-0.05, 0) is 55.7 Å². The van der Waals surface area contributed by atoms with Crippen molar-refractivity contribution in [3.05, 3.63) is 58.7 Å². The Morgan fingerprint density at radius 3 is 2.06 bits per heavy atom. The maximum absolute atomic E-state index is 12.5. The van der Waals surface area contributed by atoms with Gasteiger partial charge in [0.15, 0.2) is 0 Å². The number of aryl methyl sites for hydroxylation is 1. The molecule has 0 aliphatic carbocycles. The van der Waals surface area contributed by atoms with Crippen molar-refractivity contribution in [1.82, 2.24) is 0 Å².